The molecule has 0 bridgehead atoms. The fourth-order valence-corrected chi connectivity index (χ4v) is 3.95. The molecule has 0 radical (unpaired) electrons. The molecule has 0 aromatic carbocycles. The maximum absolute atomic E-state index is 9.25. The second-order valence-corrected chi connectivity index (χ2v) is 7.08. The summed E-state index contributed by atoms with van der Waals surface area (Å²) in [4.78, 5) is 2.64. The van der Waals surface area contributed by atoms with E-state index in [1.165, 1.54) is 58.2 Å². The van der Waals surface area contributed by atoms with Crippen LogP contribution >= 0.6 is 0 Å². The van der Waals surface area contributed by atoms with E-state index >= 15 is 0 Å². The Morgan fingerprint density at radius 1 is 1.20 bits per heavy atom. The van der Waals surface area contributed by atoms with Gasteiger partial charge in [-0.15, -0.1) is 0 Å². The number of piperidine rings is 1. The minimum atomic E-state index is 0.342. The van der Waals surface area contributed by atoms with Crippen LogP contribution in [0.5, 0.6) is 0 Å². The lowest BCUT2D eigenvalue weighted by atomic mass is 9.90. The first-order chi connectivity index (χ1) is 9.72. The Hall–Kier alpha value is -0.120. The lowest BCUT2D eigenvalue weighted by Crippen LogP contribution is -2.52. The van der Waals surface area contributed by atoms with Crippen LogP contribution in [0.15, 0.2) is 0 Å². The summed E-state index contributed by atoms with van der Waals surface area (Å²) in [6, 6.07) is 1.31. The van der Waals surface area contributed by atoms with E-state index in [2.05, 4.69) is 24.1 Å². The summed E-state index contributed by atoms with van der Waals surface area (Å²) in [7, 11) is 0. The van der Waals surface area contributed by atoms with Crippen molar-refractivity contribution < 1.29 is 5.11 Å². The minimum Gasteiger partial charge on any atom is -0.396 e. The van der Waals surface area contributed by atoms with Gasteiger partial charge in [-0.3, -0.25) is 4.90 Å². The van der Waals surface area contributed by atoms with Gasteiger partial charge in [0.1, 0.15) is 0 Å². The van der Waals surface area contributed by atoms with E-state index in [9.17, 15) is 5.11 Å². The highest BCUT2D eigenvalue weighted by Crippen LogP contribution is 2.26. The summed E-state index contributed by atoms with van der Waals surface area (Å²) in [5, 5.41) is 13.1. The van der Waals surface area contributed by atoms with Crippen LogP contribution in [0.2, 0.25) is 0 Å². The van der Waals surface area contributed by atoms with Crippen molar-refractivity contribution in [3.63, 3.8) is 0 Å². The van der Waals surface area contributed by atoms with Crippen LogP contribution in [-0.2, 0) is 0 Å². The number of rotatable bonds is 7. The quantitative estimate of drug-likeness (QED) is 0.753. The molecule has 1 saturated heterocycles. The summed E-state index contributed by atoms with van der Waals surface area (Å²) in [6.07, 6.45) is 9.16. The molecule has 3 nitrogen and oxygen atoms in total. The Bertz CT molecular complexity index is 266. The molecule has 3 heteroatoms. The van der Waals surface area contributed by atoms with Gasteiger partial charge in [-0.1, -0.05) is 19.8 Å². The third-order valence-corrected chi connectivity index (χ3v) is 5.49. The van der Waals surface area contributed by atoms with Gasteiger partial charge < -0.3 is 10.4 Å². The number of hydrogen-bond acceptors (Lipinski definition) is 3. The molecule has 1 aliphatic carbocycles. The Morgan fingerprint density at radius 2 is 1.95 bits per heavy atom. The predicted octanol–water partition coefficient (Wildman–Crippen LogP) is 2.64. The van der Waals surface area contributed by atoms with Gasteiger partial charge in [0.15, 0.2) is 0 Å². The van der Waals surface area contributed by atoms with Gasteiger partial charge in [-0.2, -0.15) is 0 Å². The molecule has 0 aromatic rings. The largest absolute Gasteiger partial charge is 0.396 e. The Balaban J connectivity index is 1.82. The lowest BCUT2D eigenvalue weighted by molar-refractivity contribution is 0.0876. The molecule has 0 aromatic heterocycles. The molecule has 2 N–H and O–H groups in total. The van der Waals surface area contributed by atoms with Crippen molar-refractivity contribution >= 4 is 0 Å². The Morgan fingerprint density at radius 3 is 2.60 bits per heavy atom. The standard InChI is InChI=1S/C17H34N2O/c1-3-14(2)19-12-16(8-9-20)10-17(13-19)18-11-15-6-4-5-7-15/h14-18,20H,3-13H2,1-2H3. The molecule has 2 fully saturated rings. The van der Waals surface area contributed by atoms with Crippen LogP contribution in [0, 0.1) is 11.8 Å². The Labute approximate surface area is 125 Å². The van der Waals surface area contributed by atoms with Crippen LogP contribution in [0.1, 0.15) is 58.8 Å². The van der Waals surface area contributed by atoms with Crippen molar-refractivity contribution in [3.05, 3.63) is 0 Å². The summed E-state index contributed by atoms with van der Waals surface area (Å²) < 4.78 is 0. The summed E-state index contributed by atoms with van der Waals surface area (Å²) >= 11 is 0. The van der Waals surface area contributed by atoms with Gasteiger partial charge >= 0.3 is 0 Å². The number of nitrogens with one attached hydrogen (secondary N) is 1. The van der Waals surface area contributed by atoms with Crippen LogP contribution in [0.3, 0.4) is 0 Å². The molecule has 2 rings (SSSR count). The number of nitrogens with zero attached hydrogens (tertiary/aromatic N) is 1. The maximum atomic E-state index is 9.25. The van der Waals surface area contributed by atoms with Crippen LogP contribution in [0.4, 0.5) is 0 Å². The number of aliphatic hydroxyl groups excluding tert-OH is 1. The average molecular weight is 282 g/mol. The topological polar surface area (TPSA) is 35.5 Å². The van der Waals surface area contributed by atoms with E-state index in [1.54, 1.807) is 0 Å². The van der Waals surface area contributed by atoms with Gasteiger partial charge in [0, 0.05) is 31.8 Å². The number of aliphatic hydroxyl groups is 1. The van der Waals surface area contributed by atoms with Gasteiger partial charge in [0.05, 0.1) is 0 Å². The van der Waals surface area contributed by atoms with Gasteiger partial charge in [0.2, 0.25) is 0 Å². The molecule has 20 heavy (non-hydrogen) atoms. The highest BCUT2D eigenvalue weighted by molar-refractivity contribution is 4.86. The first-order valence-electron chi connectivity index (χ1n) is 8.81. The molecule has 1 saturated carbocycles. The SMILES string of the molecule is CCC(C)N1CC(CCO)CC(NCC2CCCC2)C1. The minimum absolute atomic E-state index is 0.342. The third-order valence-electron chi connectivity index (χ3n) is 5.49. The lowest BCUT2D eigenvalue weighted by Gasteiger charge is -2.41. The van der Waals surface area contributed by atoms with Crippen molar-refractivity contribution in [2.75, 3.05) is 26.2 Å². The summed E-state index contributed by atoms with van der Waals surface area (Å²) in [6.45, 7) is 8.55. The monoisotopic (exact) mass is 282 g/mol. The molecule has 1 aliphatic heterocycles. The normalized spacial score (nSPS) is 30.8. The van der Waals surface area contributed by atoms with Gasteiger partial charge in [-0.05, 0) is 57.4 Å². The predicted molar refractivity (Wildman–Crippen MR) is 84.9 cm³/mol. The highest BCUT2D eigenvalue weighted by atomic mass is 16.3. The second-order valence-electron chi connectivity index (χ2n) is 7.08. The Kier molecular flexibility index (Phi) is 6.79. The zero-order chi connectivity index (χ0) is 14.4. The smallest absolute Gasteiger partial charge is 0.0434 e. The van der Waals surface area contributed by atoms with Crippen molar-refractivity contribution in [2.45, 2.75) is 70.9 Å². The van der Waals surface area contributed by atoms with E-state index < -0.39 is 0 Å². The molecule has 3 unspecified atom stereocenters. The van der Waals surface area contributed by atoms with E-state index in [0.29, 0.717) is 24.6 Å². The first kappa shape index (κ1) is 16.3. The zero-order valence-corrected chi connectivity index (χ0v) is 13.5. The van der Waals surface area contributed by atoms with Crippen molar-refractivity contribution in [3.8, 4) is 0 Å². The van der Waals surface area contributed by atoms with Crippen molar-refractivity contribution in [2.24, 2.45) is 11.8 Å². The molecule has 2 aliphatic rings. The molecule has 118 valence electrons. The van der Waals surface area contributed by atoms with E-state index in [-0.39, 0.29) is 0 Å². The summed E-state index contributed by atoms with van der Waals surface area (Å²) in [5.74, 6) is 1.59. The van der Waals surface area contributed by atoms with Crippen molar-refractivity contribution in [1.82, 2.24) is 10.2 Å². The van der Waals surface area contributed by atoms with Gasteiger partial charge in [-0.25, -0.2) is 0 Å². The van der Waals surface area contributed by atoms with E-state index in [1.807, 2.05) is 0 Å². The van der Waals surface area contributed by atoms with Crippen LogP contribution in [-0.4, -0.2) is 48.3 Å². The van der Waals surface area contributed by atoms with Gasteiger partial charge in [0.25, 0.3) is 0 Å². The van der Waals surface area contributed by atoms with Crippen molar-refractivity contribution in [1.29, 1.82) is 0 Å². The molecule has 0 spiro atoms. The molecular weight excluding hydrogens is 248 g/mol. The van der Waals surface area contributed by atoms with E-state index in [4.69, 9.17) is 0 Å². The fraction of sp³-hybridized carbons (Fsp3) is 1.00. The number of hydrogen-bond donors (Lipinski definition) is 2. The second kappa shape index (κ2) is 8.35. The fourth-order valence-electron chi connectivity index (χ4n) is 3.95. The zero-order valence-electron chi connectivity index (χ0n) is 13.5. The van der Waals surface area contributed by atoms with Crippen LogP contribution in [0.25, 0.3) is 0 Å². The molecule has 1 heterocycles. The van der Waals surface area contributed by atoms with E-state index in [0.717, 1.165) is 12.3 Å². The maximum Gasteiger partial charge on any atom is 0.0434 e. The highest BCUT2D eigenvalue weighted by Gasteiger charge is 2.29. The summed E-state index contributed by atoms with van der Waals surface area (Å²) in [5.41, 5.74) is 0. The third kappa shape index (κ3) is 4.71. The van der Waals surface area contributed by atoms with Crippen LogP contribution < -0.4 is 5.32 Å². The molecule has 0 amide bonds. The average Bonchev–Trinajstić information content (AvgIpc) is 2.97. The molecule has 3 atom stereocenters. The molecular formula is C17H34N2O. The number of likely N-dealkylation sites (tertiary alicyclic amines) is 1. The first-order valence-corrected chi connectivity index (χ1v) is 8.81.